The highest BCUT2D eigenvalue weighted by Gasteiger charge is 2.14. The first-order chi connectivity index (χ1) is 16.6. The Morgan fingerprint density at radius 3 is 2.76 bits per heavy atom. The zero-order chi connectivity index (χ0) is 23.9. The van der Waals surface area contributed by atoms with Crippen molar-refractivity contribution >= 4 is 28.5 Å². The SMILES string of the molecule is CCOc1ccccc1C(=O)NCCCC(=O)Nc1ccccc1-n1ncc2c(=O)[nH]cnc21. The van der Waals surface area contributed by atoms with Crippen LogP contribution in [-0.4, -0.2) is 44.7 Å². The average molecular weight is 460 g/mol. The third-order valence-electron chi connectivity index (χ3n) is 5.07. The quantitative estimate of drug-likeness (QED) is 0.329. The number of rotatable bonds is 9. The Balaban J connectivity index is 1.36. The molecule has 0 aliphatic rings. The van der Waals surface area contributed by atoms with Crippen molar-refractivity contribution in [2.75, 3.05) is 18.5 Å². The maximum Gasteiger partial charge on any atom is 0.261 e. The summed E-state index contributed by atoms with van der Waals surface area (Å²) in [6.45, 7) is 2.66. The molecule has 34 heavy (non-hydrogen) atoms. The second-order valence-corrected chi connectivity index (χ2v) is 7.38. The van der Waals surface area contributed by atoms with Crippen molar-refractivity contribution in [3.8, 4) is 11.4 Å². The number of carbonyl (C=O) groups is 2. The first kappa shape index (κ1) is 22.7. The van der Waals surface area contributed by atoms with Crippen molar-refractivity contribution in [3.63, 3.8) is 0 Å². The van der Waals surface area contributed by atoms with Gasteiger partial charge in [0.2, 0.25) is 5.91 Å². The number of ether oxygens (including phenoxy) is 1. The van der Waals surface area contributed by atoms with Crippen LogP contribution in [0.3, 0.4) is 0 Å². The number of amides is 2. The molecular weight excluding hydrogens is 436 g/mol. The molecule has 0 aliphatic heterocycles. The van der Waals surface area contributed by atoms with Crippen LogP contribution in [0.1, 0.15) is 30.1 Å². The van der Waals surface area contributed by atoms with Gasteiger partial charge < -0.3 is 20.4 Å². The molecule has 174 valence electrons. The van der Waals surface area contributed by atoms with Gasteiger partial charge in [0.15, 0.2) is 5.65 Å². The van der Waals surface area contributed by atoms with E-state index in [9.17, 15) is 14.4 Å². The number of nitrogens with zero attached hydrogens (tertiary/aromatic N) is 3. The molecule has 2 aromatic heterocycles. The van der Waals surface area contributed by atoms with Gasteiger partial charge in [0.05, 0.1) is 36.1 Å². The number of aromatic nitrogens is 4. The Morgan fingerprint density at radius 2 is 1.91 bits per heavy atom. The third-order valence-corrected chi connectivity index (χ3v) is 5.07. The number of H-pyrrole nitrogens is 1. The summed E-state index contributed by atoms with van der Waals surface area (Å²) in [4.78, 5) is 43.7. The highest BCUT2D eigenvalue weighted by molar-refractivity contribution is 5.97. The molecule has 0 saturated heterocycles. The molecule has 2 heterocycles. The largest absolute Gasteiger partial charge is 0.493 e. The predicted octanol–water partition coefficient (Wildman–Crippen LogP) is 2.66. The molecule has 0 saturated carbocycles. The van der Waals surface area contributed by atoms with Crippen molar-refractivity contribution in [2.24, 2.45) is 0 Å². The lowest BCUT2D eigenvalue weighted by Gasteiger charge is -2.12. The van der Waals surface area contributed by atoms with E-state index < -0.39 is 0 Å². The van der Waals surface area contributed by atoms with Gasteiger partial charge in [-0.25, -0.2) is 9.67 Å². The summed E-state index contributed by atoms with van der Waals surface area (Å²) < 4.78 is 7.00. The van der Waals surface area contributed by atoms with Gasteiger partial charge in [-0.15, -0.1) is 0 Å². The molecular formula is C24H24N6O4. The Bertz CT molecular complexity index is 1380. The zero-order valence-corrected chi connectivity index (χ0v) is 18.6. The summed E-state index contributed by atoms with van der Waals surface area (Å²) >= 11 is 0. The number of anilines is 1. The maximum absolute atomic E-state index is 12.6. The molecule has 10 nitrogen and oxygen atoms in total. The molecule has 0 radical (unpaired) electrons. The fourth-order valence-electron chi connectivity index (χ4n) is 3.49. The summed E-state index contributed by atoms with van der Waals surface area (Å²) in [5, 5.41) is 10.3. The molecule has 10 heteroatoms. The molecule has 0 atom stereocenters. The van der Waals surface area contributed by atoms with Crippen molar-refractivity contribution in [2.45, 2.75) is 19.8 Å². The maximum atomic E-state index is 12.6. The van der Waals surface area contributed by atoms with Crippen molar-refractivity contribution in [1.82, 2.24) is 25.1 Å². The minimum absolute atomic E-state index is 0.208. The number of hydrogen-bond acceptors (Lipinski definition) is 6. The molecule has 4 aromatic rings. The van der Waals surface area contributed by atoms with E-state index in [0.717, 1.165) is 0 Å². The molecule has 4 rings (SSSR count). The van der Waals surface area contributed by atoms with E-state index in [1.807, 2.05) is 13.0 Å². The number of hydrogen-bond donors (Lipinski definition) is 3. The molecule has 2 amide bonds. The van der Waals surface area contributed by atoms with Crippen molar-refractivity contribution in [3.05, 3.63) is 77.0 Å². The summed E-state index contributed by atoms with van der Waals surface area (Å²) in [6, 6.07) is 14.2. The summed E-state index contributed by atoms with van der Waals surface area (Å²) in [5.41, 5.74) is 1.69. The van der Waals surface area contributed by atoms with Gasteiger partial charge in [0.1, 0.15) is 11.1 Å². The van der Waals surface area contributed by atoms with Crippen molar-refractivity contribution in [1.29, 1.82) is 0 Å². The van der Waals surface area contributed by atoms with Gasteiger partial charge in [-0.05, 0) is 37.6 Å². The number of para-hydroxylation sites is 3. The minimum atomic E-state index is -0.288. The molecule has 2 aromatic carbocycles. The number of fused-ring (bicyclic) bond motifs is 1. The lowest BCUT2D eigenvalue weighted by atomic mass is 10.2. The van der Waals surface area contributed by atoms with Gasteiger partial charge in [0.25, 0.3) is 11.5 Å². The molecule has 0 spiro atoms. The highest BCUT2D eigenvalue weighted by atomic mass is 16.5. The second-order valence-electron chi connectivity index (χ2n) is 7.38. The standard InChI is InChI=1S/C24H24N6O4/c1-2-34-20-11-6-3-8-16(20)23(32)25-13-7-12-21(31)29-18-9-4-5-10-19(18)30-22-17(14-28-30)24(33)27-15-26-22/h3-6,8-11,14-15H,2,7,12-13H2,1H3,(H,25,32)(H,29,31)(H,26,27,33). The first-order valence-electron chi connectivity index (χ1n) is 10.9. The minimum Gasteiger partial charge on any atom is -0.493 e. The Hall–Kier alpha value is -4.47. The lowest BCUT2D eigenvalue weighted by molar-refractivity contribution is -0.116. The van der Waals surface area contributed by atoms with Crippen LogP contribution in [0.15, 0.2) is 65.8 Å². The lowest BCUT2D eigenvalue weighted by Crippen LogP contribution is -2.26. The predicted molar refractivity (Wildman–Crippen MR) is 127 cm³/mol. The molecule has 0 fully saturated rings. The van der Waals surface area contributed by atoms with E-state index in [0.29, 0.717) is 53.3 Å². The fraction of sp³-hybridized carbons (Fsp3) is 0.208. The number of benzene rings is 2. The average Bonchev–Trinajstić information content (AvgIpc) is 3.28. The van der Waals surface area contributed by atoms with Crippen LogP contribution in [0, 0.1) is 0 Å². The number of carbonyl (C=O) groups excluding carboxylic acids is 2. The van der Waals surface area contributed by atoms with Crippen LogP contribution in [0.5, 0.6) is 5.75 Å². The smallest absolute Gasteiger partial charge is 0.261 e. The third kappa shape index (κ3) is 4.96. The first-order valence-corrected chi connectivity index (χ1v) is 10.9. The fourth-order valence-corrected chi connectivity index (χ4v) is 3.49. The van der Waals surface area contributed by atoms with Gasteiger partial charge in [-0.3, -0.25) is 14.4 Å². The topological polar surface area (TPSA) is 131 Å². The van der Waals surface area contributed by atoms with Crippen LogP contribution in [0.2, 0.25) is 0 Å². The Labute approximate surface area is 195 Å². The van der Waals surface area contributed by atoms with E-state index in [1.165, 1.54) is 17.2 Å². The van der Waals surface area contributed by atoms with Crippen LogP contribution in [0.25, 0.3) is 16.7 Å². The van der Waals surface area contributed by atoms with E-state index in [2.05, 4.69) is 25.7 Å². The summed E-state index contributed by atoms with van der Waals surface area (Å²) in [7, 11) is 0. The Morgan fingerprint density at radius 1 is 1.12 bits per heavy atom. The van der Waals surface area contributed by atoms with E-state index >= 15 is 0 Å². The monoisotopic (exact) mass is 460 g/mol. The van der Waals surface area contributed by atoms with Crippen LogP contribution in [-0.2, 0) is 4.79 Å². The molecule has 0 bridgehead atoms. The number of aromatic amines is 1. The van der Waals surface area contributed by atoms with E-state index in [1.54, 1.807) is 42.5 Å². The number of nitrogens with one attached hydrogen (secondary N) is 3. The van der Waals surface area contributed by atoms with Gasteiger partial charge in [0, 0.05) is 13.0 Å². The van der Waals surface area contributed by atoms with Gasteiger partial charge in [-0.1, -0.05) is 24.3 Å². The van der Waals surface area contributed by atoms with Crippen molar-refractivity contribution < 1.29 is 14.3 Å². The second kappa shape index (κ2) is 10.4. The molecule has 0 aliphatic carbocycles. The normalized spacial score (nSPS) is 10.7. The van der Waals surface area contributed by atoms with Gasteiger partial charge in [-0.2, -0.15) is 5.10 Å². The van der Waals surface area contributed by atoms with Crippen LogP contribution < -0.4 is 20.9 Å². The van der Waals surface area contributed by atoms with E-state index in [-0.39, 0.29) is 23.8 Å². The van der Waals surface area contributed by atoms with Crippen LogP contribution >= 0.6 is 0 Å². The molecule has 3 N–H and O–H groups in total. The molecule has 0 unspecified atom stereocenters. The summed E-state index contributed by atoms with van der Waals surface area (Å²) in [5.74, 6) is 0.0704. The van der Waals surface area contributed by atoms with Crippen LogP contribution in [0.4, 0.5) is 5.69 Å². The van der Waals surface area contributed by atoms with Gasteiger partial charge >= 0.3 is 0 Å². The summed E-state index contributed by atoms with van der Waals surface area (Å²) in [6.07, 6.45) is 3.41. The van der Waals surface area contributed by atoms with E-state index in [4.69, 9.17) is 4.74 Å². The zero-order valence-electron chi connectivity index (χ0n) is 18.6. The highest BCUT2D eigenvalue weighted by Crippen LogP contribution is 2.22. The Kier molecular flexibility index (Phi) is 6.97.